The lowest BCUT2D eigenvalue weighted by atomic mass is 10.3. The van der Waals surface area contributed by atoms with Gasteiger partial charge in [0, 0.05) is 12.7 Å². The minimum absolute atomic E-state index is 0.148. The van der Waals surface area contributed by atoms with Gasteiger partial charge in [-0.25, -0.2) is 9.47 Å². The Kier molecular flexibility index (Phi) is 3.91. The van der Waals surface area contributed by atoms with Crippen molar-refractivity contribution in [1.82, 2.24) is 9.66 Å². The highest BCUT2D eigenvalue weighted by Crippen LogP contribution is 2.34. The summed E-state index contributed by atoms with van der Waals surface area (Å²) in [6.07, 6.45) is 1.16. The largest absolute Gasteiger partial charge is 0.383 e. The van der Waals surface area contributed by atoms with Crippen LogP contribution in [0.4, 0.5) is 5.82 Å². The predicted octanol–water partition coefficient (Wildman–Crippen LogP) is -1.31. The van der Waals surface area contributed by atoms with Crippen molar-refractivity contribution in [2.24, 2.45) is 0 Å². The highest BCUT2D eigenvalue weighted by Gasteiger charge is 2.26. The van der Waals surface area contributed by atoms with Crippen molar-refractivity contribution in [2.75, 3.05) is 30.2 Å². The van der Waals surface area contributed by atoms with Gasteiger partial charge >= 0.3 is 13.3 Å². The third-order valence-corrected chi connectivity index (χ3v) is 3.20. The Hall–Kier alpha value is -1.41. The second-order valence-corrected chi connectivity index (χ2v) is 5.85. The number of ether oxygens (including phenoxy) is 1. The summed E-state index contributed by atoms with van der Waals surface area (Å²) in [5.74, 6) is 0.148. The summed E-state index contributed by atoms with van der Waals surface area (Å²) in [4.78, 5) is 32.7. The molecule has 1 aliphatic rings. The lowest BCUT2D eigenvalue weighted by Gasteiger charge is -2.20. The molecule has 0 aromatic carbocycles. The minimum Gasteiger partial charge on any atom is -0.383 e. The van der Waals surface area contributed by atoms with Gasteiger partial charge in [0.1, 0.15) is 12.2 Å². The molecule has 4 N–H and O–H groups in total. The number of anilines is 1. The maximum Gasteiger partial charge on any atom is 0.368 e. The topological polar surface area (TPSA) is 131 Å². The Morgan fingerprint density at radius 2 is 2.32 bits per heavy atom. The molecule has 19 heavy (non-hydrogen) atoms. The van der Waals surface area contributed by atoms with Crippen LogP contribution in [0, 0.1) is 0 Å². The molecule has 1 atom stereocenters. The van der Waals surface area contributed by atoms with Crippen LogP contribution in [0.3, 0.4) is 0 Å². The van der Waals surface area contributed by atoms with E-state index in [2.05, 4.69) is 4.98 Å². The van der Waals surface area contributed by atoms with Crippen LogP contribution < -0.4 is 16.4 Å². The Morgan fingerprint density at radius 1 is 1.58 bits per heavy atom. The van der Waals surface area contributed by atoms with Crippen LogP contribution in [0.15, 0.2) is 17.1 Å². The van der Waals surface area contributed by atoms with E-state index in [1.54, 1.807) is 5.01 Å². The summed E-state index contributed by atoms with van der Waals surface area (Å²) in [6, 6.07) is 1.51. The molecule has 0 aliphatic carbocycles. The molecule has 1 aromatic heterocycles. The average molecular weight is 290 g/mol. The van der Waals surface area contributed by atoms with Crippen molar-refractivity contribution in [2.45, 2.75) is 12.5 Å². The summed E-state index contributed by atoms with van der Waals surface area (Å²) in [6.45, 7) is 0.906. The number of nitrogens with zero attached hydrogens (tertiary/aromatic N) is 3. The molecule has 1 saturated heterocycles. The summed E-state index contributed by atoms with van der Waals surface area (Å²) >= 11 is 0. The molecule has 0 amide bonds. The van der Waals surface area contributed by atoms with Gasteiger partial charge in [-0.05, 0) is 12.5 Å². The molecule has 0 bridgehead atoms. The van der Waals surface area contributed by atoms with Crippen molar-refractivity contribution in [1.29, 1.82) is 0 Å². The summed E-state index contributed by atoms with van der Waals surface area (Å²) < 4.78 is 17.1. The first-order valence-electron chi connectivity index (χ1n) is 5.62. The molecule has 106 valence electrons. The molecule has 2 rings (SSSR count). The Balaban J connectivity index is 1.98. The molecule has 0 radical (unpaired) electrons. The van der Waals surface area contributed by atoms with E-state index in [-0.39, 0.29) is 11.9 Å². The van der Waals surface area contributed by atoms with Gasteiger partial charge in [0.2, 0.25) is 0 Å². The summed E-state index contributed by atoms with van der Waals surface area (Å²) in [7, 11) is -4.16. The number of aromatic nitrogens is 2. The monoisotopic (exact) mass is 290 g/mol. The first kappa shape index (κ1) is 14.0. The van der Waals surface area contributed by atoms with E-state index in [0.717, 1.165) is 0 Å². The van der Waals surface area contributed by atoms with Crippen LogP contribution in [-0.2, 0) is 9.30 Å². The molecule has 1 fully saturated rings. The van der Waals surface area contributed by atoms with Gasteiger partial charge in [-0.1, -0.05) is 0 Å². The van der Waals surface area contributed by atoms with Crippen molar-refractivity contribution in [3.05, 3.63) is 22.7 Å². The van der Waals surface area contributed by atoms with Crippen LogP contribution in [-0.4, -0.2) is 45.0 Å². The number of rotatable bonds is 4. The van der Waals surface area contributed by atoms with E-state index >= 15 is 0 Å². The molecule has 0 saturated carbocycles. The van der Waals surface area contributed by atoms with Crippen LogP contribution >= 0.6 is 7.60 Å². The maximum atomic E-state index is 11.6. The Bertz CT molecular complexity index is 556. The van der Waals surface area contributed by atoms with Gasteiger partial charge in [0.05, 0.1) is 12.6 Å². The van der Waals surface area contributed by atoms with E-state index in [0.29, 0.717) is 19.5 Å². The fraction of sp³-hybridized carbons (Fsp3) is 0.556. The molecule has 1 aliphatic heterocycles. The molecule has 10 heteroatoms. The highest BCUT2D eigenvalue weighted by molar-refractivity contribution is 7.51. The second kappa shape index (κ2) is 5.30. The van der Waals surface area contributed by atoms with Crippen LogP contribution in [0.2, 0.25) is 0 Å². The Morgan fingerprint density at radius 3 is 2.95 bits per heavy atom. The standard InChI is InChI=1S/C9H15N4O5P/c10-8-2-4-13(9(14)11-8)12-3-1-7(5-12)18-6-19(15,16)17/h2,4,7H,1,3,5-6H2,(H2,10,11,14)(H2,15,16,17). The van der Waals surface area contributed by atoms with Crippen molar-refractivity contribution >= 4 is 13.4 Å². The second-order valence-electron chi connectivity index (χ2n) is 4.26. The zero-order chi connectivity index (χ0) is 14.0. The number of hydrogen-bond donors (Lipinski definition) is 3. The zero-order valence-corrected chi connectivity index (χ0v) is 10.9. The highest BCUT2D eigenvalue weighted by atomic mass is 31.2. The lowest BCUT2D eigenvalue weighted by Crippen LogP contribution is -2.42. The van der Waals surface area contributed by atoms with E-state index in [9.17, 15) is 9.36 Å². The number of nitrogens with two attached hydrogens (primary N) is 1. The maximum absolute atomic E-state index is 11.6. The zero-order valence-electron chi connectivity index (χ0n) is 10.0. The fourth-order valence-corrected chi connectivity index (χ4v) is 2.27. The predicted molar refractivity (Wildman–Crippen MR) is 67.3 cm³/mol. The van der Waals surface area contributed by atoms with Crippen molar-refractivity contribution in [3.63, 3.8) is 0 Å². The van der Waals surface area contributed by atoms with Gasteiger partial charge in [-0.2, -0.15) is 4.98 Å². The Labute approximate surface area is 108 Å². The van der Waals surface area contributed by atoms with Crippen molar-refractivity contribution in [3.8, 4) is 0 Å². The van der Waals surface area contributed by atoms with Crippen molar-refractivity contribution < 1.29 is 19.1 Å². The summed E-state index contributed by atoms with van der Waals surface area (Å²) in [5, 5.41) is 1.69. The van der Waals surface area contributed by atoms with Gasteiger partial charge in [-0.3, -0.25) is 4.57 Å². The minimum atomic E-state index is -4.16. The molecule has 2 heterocycles. The fourth-order valence-electron chi connectivity index (χ4n) is 1.87. The van der Waals surface area contributed by atoms with Gasteiger partial charge < -0.3 is 25.3 Å². The smallest absolute Gasteiger partial charge is 0.368 e. The molecular formula is C9H15N4O5P. The van der Waals surface area contributed by atoms with Gasteiger partial charge in [0.15, 0.2) is 0 Å². The van der Waals surface area contributed by atoms with Crippen LogP contribution in [0.25, 0.3) is 0 Å². The first-order valence-corrected chi connectivity index (χ1v) is 7.41. The normalized spacial score (nSPS) is 19.9. The van der Waals surface area contributed by atoms with E-state index in [4.69, 9.17) is 20.3 Å². The molecule has 1 aromatic rings. The third-order valence-electron chi connectivity index (χ3n) is 2.71. The van der Waals surface area contributed by atoms with Gasteiger partial charge in [0.25, 0.3) is 0 Å². The van der Waals surface area contributed by atoms with E-state index < -0.39 is 19.6 Å². The average Bonchev–Trinajstić information content (AvgIpc) is 2.74. The van der Waals surface area contributed by atoms with Gasteiger partial charge in [-0.15, -0.1) is 0 Å². The first-order chi connectivity index (χ1) is 8.85. The van der Waals surface area contributed by atoms with Crippen LogP contribution in [0.1, 0.15) is 6.42 Å². The number of hydrogen-bond acceptors (Lipinski definition) is 6. The molecule has 0 spiro atoms. The molecular weight excluding hydrogens is 275 g/mol. The number of nitrogen functional groups attached to an aromatic ring is 1. The SMILES string of the molecule is Nc1ccn(N2CCC(OCP(=O)(O)O)C2)c(=O)n1. The lowest BCUT2D eigenvalue weighted by molar-refractivity contribution is 0.0896. The third kappa shape index (κ3) is 3.77. The summed E-state index contributed by atoms with van der Waals surface area (Å²) in [5.41, 5.74) is 4.90. The van der Waals surface area contributed by atoms with Crippen LogP contribution in [0.5, 0.6) is 0 Å². The van der Waals surface area contributed by atoms with E-state index in [1.165, 1.54) is 16.9 Å². The molecule has 9 nitrogen and oxygen atoms in total. The molecule has 1 unspecified atom stereocenters. The quantitative estimate of drug-likeness (QED) is 0.582. The van der Waals surface area contributed by atoms with E-state index in [1.807, 2.05) is 0 Å².